The van der Waals surface area contributed by atoms with Crippen molar-refractivity contribution >= 4 is 17.4 Å². The Kier molecular flexibility index (Phi) is 5.48. The molecule has 0 radical (unpaired) electrons. The van der Waals surface area contributed by atoms with Crippen LogP contribution in [0.25, 0.3) is 0 Å². The van der Waals surface area contributed by atoms with E-state index >= 15 is 0 Å². The maximum atomic E-state index is 12.3. The predicted molar refractivity (Wildman–Crippen MR) is 100 cm³/mol. The fourth-order valence-electron chi connectivity index (χ4n) is 3.11. The molecule has 0 saturated carbocycles. The van der Waals surface area contributed by atoms with Crippen LogP contribution >= 0.6 is 0 Å². The lowest BCUT2D eigenvalue weighted by atomic mass is 10.2. The molecule has 132 valence electrons. The largest absolute Gasteiger partial charge is 0.368 e. The minimum Gasteiger partial charge on any atom is -0.368 e. The average Bonchev–Trinajstić information content (AvgIpc) is 2.70. The van der Waals surface area contributed by atoms with Gasteiger partial charge in [-0.2, -0.15) is 0 Å². The van der Waals surface area contributed by atoms with E-state index in [0.717, 1.165) is 32.0 Å². The zero-order valence-corrected chi connectivity index (χ0v) is 14.9. The molecule has 0 unspecified atom stereocenters. The fourth-order valence-corrected chi connectivity index (χ4v) is 3.11. The molecular formula is C19H25N5O. The van der Waals surface area contributed by atoms with Crippen LogP contribution < -0.4 is 9.80 Å². The summed E-state index contributed by atoms with van der Waals surface area (Å²) in [5.41, 5.74) is 1.67. The Morgan fingerprint density at radius 3 is 2.12 bits per heavy atom. The summed E-state index contributed by atoms with van der Waals surface area (Å²) in [5.74, 6) is 0.779. The SMILES string of the molecule is CCN(CC)C(=O)c1ccc(N2CCN(c3ccccc3)CC2)nn1. The van der Waals surface area contributed by atoms with Gasteiger partial charge in [-0.25, -0.2) is 0 Å². The summed E-state index contributed by atoms with van der Waals surface area (Å²) >= 11 is 0. The molecule has 0 N–H and O–H groups in total. The van der Waals surface area contributed by atoms with Gasteiger partial charge in [0.15, 0.2) is 11.5 Å². The molecule has 1 aromatic carbocycles. The van der Waals surface area contributed by atoms with Gasteiger partial charge in [-0.15, -0.1) is 10.2 Å². The smallest absolute Gasteiger partial charge is 0.274 e. The van der Waals surface area contributed by atoms with Gasteiger partial charge in [0, 0.05) is 45.0 Å². The molecule has 6 heteroatoms. The molecule has 1 saturated heterocycles. The third kappa shape index (κ3) is 3.90. The Hall–Kier alpha value is -2.63. The van der Waals surface area contributed by atoms with Crippen molar-refractivity contribution in [2.45, 2.75) is 13.8 Å². The zero-order valence-electron chi connectivity index (χ0n) is 14.9. The van der Waals surface area contributed by atoms with Crippen LogP contribution in [0.3, 0.4) is 0 Å². The summed E-state index contributed by atoms with van der Waals surface area (Å²) in [6, 6.07) is 14.1. The Morgan fingerprint density at radius 1 is 0.920 bits per heavy atom. The second kappa shape index (κ2) is 7.96. The number of hydrogen-bond donors (Lipinski definition) is 0. The van der Waals surface area contributed by atoms with E-state index in [-0.39, 0.29) is 5.91 Å². The molecule has 0 atom stereocenters. The summed E-state index contributed by atoms with van der Waals surface area (Å²) in [4.78, 5) is 18.6. The normalized spacial score (nSPS) is 14.5. The van der Waals surface area contributed by atoms with Crippen LogP contribution in [0, 0.1) is 0 Å². The number of aromatic nitrogens is 2. The Morgan fingerprint density at radius 2 is 1.56 bits per heavy atom. The van der Waals surface area contributed by atoms with E-state index in [2.05, 4.69) is 44.3 Å². The Labute approximate surface area is 149 Å². The van der Waals surface area contributed by atoms with Crippen LogP contribution in [0.5, 0.6) is 0 Å². The molecule has 6 nitrogen and oxygen atoms in total. The van der Waals surface area contributed by atoms with Crippen molar-refractivity contribution in [1.82, 2.24) is 15.1 Å². The van der Waals surface area contributed by atoms with Crippen LogP contribution in [-0.4, -0.2) is 60.3 Å². The minimum atomic E-state index is -0.0575. The molecule has 2 heterocycles. The van der Waals surface area contributed by atoms with Crippen molar-refractivity contribution in [1.29, 1.82) is 0 Å². The van der Waals surface area contributed by atoms with Crippen LogP contribution in [0.1, 0.15) is 24.3 Å². The Balaban J connectivity index is 1.61. The summed E-state index contributed by atoms with van der Waals surface area (Å²) in [6.07, 6.45) is 0. The molecule has 1 fully saturated rings. The number of carbonyl (C=O) groups excluding carboxylic acids is 1. The van der Waals surface area contributed by atoms with Crippen molar-refractivity contribution in [3.8, 4) is 0 Å². The van der Waals surface area contributed by atoms with E-state index in [4.69, 9.17) is 0 Å². The molecule has 1 amide bonds. The molecular weight excluding hydrogens is 314 g/mol. The van der Waals surface area contributed by atoms with Crippen LogP contribution in [0.15, 0.2) is 42.5 Å². The molecule has 1 aromatic heterocycles. The topological polar surface area (TPSA) is 52.6 Å². The lowest BCUT2D eigenvalue weighted by Gasteiger charge is -2.36. The number of para-hydroxylation sites is 1. The molecule has 1 aliphatic rings. The number of nitrogens with zero attached hydrogens (tertiary/aromatic N) is 5. The third-order valence-corrected chi connectivity index (χ3v) is 4.65. The van der Waals surface area contributed by atoms with Crippen LogP contribution in [-0.2, 0) is 0 Å². The standard InChI is InChI=1S/C19H25N5O/c1-3-22(4-2)19(25)17-10-11-18(21-20-17)24-14-12-23(13-15-24)16-8-6-5-7-9-16/h5-11H,3-4,12-15H2,1-2H3. The first-order chi connectivity index (χ1) is 12.2. The number of carbonyl (C=O) groups is 1. The fraction of sp³-hybridized carbons (Fsp3) is 0.421. The first kappa shape index (κ1) is 17.2. The number of anilines is 2. The van der Waals surface area contributed by atoms with Crippen LogP contribution in [0.2, 0.25) is 0 Å². The highest BCUT2D eigenvalue weighted by molar-refractivity contribution is 5.92. The minimum absolute atomic E-state index is 0.0575. The maximum absolute atomic E-state index is 12.3. The van der Waals surface area contributed by atoms with Gasteiger partial charge in [-0.1, -0.05) is 18.2 Å². The summed E-state index contributed by atoms with van der Waals surface area (Å²) in [5, 5.41) is 8.43. The first-order valence-electron chi connectivity index (χ1n) is 8.91. The second-order valence-electron chi connectivity index (χ2n) is 6.06. The van der Waals surface area contributed by atoms with Gasteiger partial charge in [0.1, 0.15) is 0 Å². The molecule has 0 aliphatic carbocycles. The quantitative estimate of drug-likeness (QED) is 0.836. The van der Waals surface area contributed by atoms with Crippen LogP contribution in [0.4, 0.5) is 11.5 Å². The average molecular weight is 339 g/mol. The lowest BCUT2D eigenvalue weighted by Crippen LogP contribution is -2.47. The van der Waals surface area contributed by atoms with Gasteiger partial charge in [0.2, 0.25) is 0 Å². The van der Waals surface area contributed by atoms with Gasteiger partial charge in [0.05, 0.1) is 0 Å². The molecule has 0 bridgehead atoms. The molecule has 0 spiro atoms. The molecule has 3 rings (SSSR count). The van der Waals surface area contributed by atoms with E-state index in [9.17, 15) is 4.79 Å². The van der Waals surface area contributed by atoms with Crippen molar-refractivity contribution in [2.24, 2.45) is 0 Å². The predicted octanol–water partition coefficient (Wildman–Crippen LogP) is 2.29. The van der Waals surface area contributed by atoms with Gasteiger partial charge in [-0.05, 0) is 38.1 Å². The van der Waals surface area contributed by atoms with Crippen molar-refractivity contribution in [3.63, 3.8) is 0 Å². The van der Waals surface area contributed by atoms with Gasteiger partial charge < -0.3 is 14.7 Å². The second-order valence-corrected chi connectivity index (χ2v) is 6.06. The monoisotopic (exact) mass is 339 g/mol. The third-order valence-electron chi connectivity index (χ3n) is 4.65. The number of benzene rings is 1. The van der Waals surface area contributed by atoms with E-state index < -0.39 is 0 Å². The number of amides is 1. The highest BCUT2D eigenvalue weighted by Gasteiger charge is 2.20. The van der Waals surface area contributed by atoms with E-state index in [0.29, 0.717) is 18.8 Å². The van der Waals surface area contributed by atoms with Crippen molar-refractivity contribution < 1.29 is 4.79 Å². The highest BCUT2D eigenvalue weighted by Crippen LogP contribution is 2.18. The first-order valence-corrected chi connectivity index (χ1v) is 8.91. The Bertz CT molecular complexity index is 677. The summed E-state index contributed by atoms with van der Waals surface area (Å²) < 4.78 is 0. The van der Waals surface area contributed by atoms with Gasteiger partial charge in [-0.3, -0.25) is 4.79 Å². The van der Waals surface area contributed by atoms with E-state index in [1.807, 2.05) is 26.0 Å². The maximum Gasteiger partial charge on any atom is 0.274 e. The van der Waals surface area contributed by atoms with Gasteiger partial charge >= 0.3 is 0 Å². The summed E-state index contributed by atoms with van der Waals surface area (Å²) in [7, 11) is 0. The molecule has 2 aromatic rings. The lowest BCUT2D eigenvalue weighted by molar-refractivity contribution is 0.0766. The number of piperazine rings is 1. The van der Waals surface area contributed by atoms with Crippen molar-refractivity contribution in [2.75, 3.05) is 49.1 Å². The van der Waals surface area contributed by atoms with Crippen molar-refractivity contribution in [3.05, 3.63) is 48.2 Å². The van der Waals surface area contributed by atoms with E-state index in [1.54, 1.807) is 11.0 Å². The van der Waals surface area contributed by atoms with Gasteiger partial charge in [0.25, 0.3) is 5.91 Å². The summed E-state index contributed by atoms with van der Waals surface area (Å²) in [6.45, 7) is 8.99. The highest BCUT2D eigenvalue weighted by atomic mass is 16.2. The molecule has 25 heavy (non-hydrogen) atoms. The molecule has 1 aliphatic heterocycles. The zero-order chi connectivity index (χ0) is 17.6. The number of hydrogen-bond acceptors (Lipinski definition) is 5. The van der Waals surface area contributed by atoms with E-state index in [1.165, 1.54) is 5.69 Å². The number of rotatable bonds is 5.